The molecule has 0 aromatic carbocycles. The highest BCUT2D eigenvalue weighted by Gasteiger charge is 2.25. The van der Waals surface area contributed by atoms with Gasteiger partial charge in [-0.25, -0.2) is 13.1 Å². The average molecular weight is 260 g/mol. The molecule has 6 heteroatoms. The lowest BCUT2D eigenvalue weighted by molar-refractivity contribution is 0.0437. The molecule has 1 rings (SSSR count). The van der Waals surface area contributed by atoms with Crippen molar-refractivity contribution >= 4 is 10.0 Å². The van der Waals surface area contributed by atoms with Crippen LogP contribution in [0.1, 0.15) is 27.2 Å². The van der Waals surface area contributed by atoms with E-state index in [4.69, 9.17) is 0 Å². The Labute approximate surface area is 102 Å². The number of hydrogen-bond acceptors (Lipinski definition) is 3. The first-order valence-corrected chi connectivity index (χ1v) is 7.06. The lowest BCUT2D eigenvalue weighted by Crippen LogP contribution is -2.41. The zero-order chi connectivity index (χ0) is 13.1. The van der Waals surface area contributed by atoms with Gasteiger partial charge >= 0.3 is 0 Å². The SMILES string of the molecule is CC(C)CC(C)(O)CNS(=O)(=O)c1cc[nH]c1. The van der Waals surface area contributed by atoms with Crippen LogP contribution in [0.5, 0.6) is 0 Å². The minimum Gasteiger partial charge on any atom is -0.389 e. The fraction of sp³-hybridized carbons (Fsp3) is 0.636. The Hall–Kier alpha value is -0.850. The minimum atomic E-state index is -3.53. The Morgan fingerprint density at radius 3 is 2.65 bits per heavy atom. The largest absolute Gasteiger partial charge is 0.389 e. The van der Waals surface area contributed by atoms with Crippen LogP contribution in [0.4, 0.5) is 0 Å². The second-order valence-electron chi connectivity index (χ2n) is 4.97. The van der Waals surface area contributed by atoms with Crippen molar-refractivity contribution < 1.29 is 13.5 Å². The molecule has 5 nitrogen and oxygen atoms in total. The van der Waals surface area contributed by atoms with Gasteiger partial charge in [-0.15, -0.1) is 0 Å². The molecule has 0 radical (unpaired) electrons. The fourth-order valence-electron chi connectivity index (χ4n) is 1.76. The van der Waals surface area contributed by atoms with Crippen LogP contribution in [0.15, 0.2) is 23.4 Å². The highest BCUT2D eigenvalue weighted by Crippen LogP contribution is 2.16. The molecule has 0 saturated carbocycles. The van der Waals surface area contributed by atoms with Gasteiger partial charge in [0.1, 0.15) is 0 Å². The number of aromatic amines is 1. The summed E-state index contributed by atoms with van der Waals surface area (Å²) in [6.45, 7) is 5.61. The molecule has 0 saturated heterocycles. The van der Waals surface area contributed by atoms with Crippen LogP contribution < -0.4 is 4.72 Å². The van der Waals surface area contributed by atoms with E-state index in [-0.39, 0.29) is 11.4 Å². The van der Waals surface area contributed by atoms with Crippen LogP contribution in [0, 0.1) is 5.92 Å². The molecular formula is C11H20N2O3S. The number of nitrogens with one attached hydrogen (secondary N) is 2. The van der Waals surface area contributed by atoms with Gasteiger partial charge in [-0.05, 0) is 25.3 Å². The summed E-state index contributed by atoms with van der Waals surface area (Å²) >= 11 is 0. The van der Waals surface area contributed by atoms with Crippen molar-refractivity contribution in [2.75, 3.05) is 6.54 Å². The van der Waals surface area contributed by atoms with Crippen molar-refractivity contribution in [1.82, 2.24) is 9.71 Å². The summed E-state index contributed by atoms with van der Waals surface area (Å²) in [5, 5.41) is 10.0. The molecule has 1 atom stereocenters. The summed E-state index contributed by atoms with van der Waals surface area (Å²) in [4.78, 5) is 2.86. The number of rotatable bonds is 6. The third kappa shape index (κ3) is 4.49. The van der Waals surface area contributed by atoms with Gasteiger partial charge in [-0.2, -0.15) is 0 Å². The van der Waals surface area contributed by atoms with E-state index in [0.29, 0.717) is 12.3 Å². The molecule has 1 aromatic rings. The summed E-state index contributed by atoms with van der Waals surface area (Å²) in [6.07, 6.45) is 3.49. The molecule has 0 fully saturated rings. The Kier molecular flexibility index (Phi) is 4.35. The van der Waals surface area contributed by atoms with E-state index in [1.54, 1.807) is 13.1 Å². The summed E-state index contributed by atoms with van der Waals surface area (Å²) in [6, 6.07) is 1.47. The summed E-state index contributed by atoms with van der Waals surface area (Å²) in [7, 11) is -3.53. The number of aliphatic hydroxyl groups is 1. The first kappa shape index (κ1) is 14.2. The first-order chi connectivity index (χ1) is 7.73. The number of H-pyrrole nitrogens is 1. The fourth-order valence-corrected chi connectivity index (χ4v) is 2.90. The van der Waals surface area contributed by atoms with Gasteiger partial charge in [0, 0.05) is 18.9 Å². The van der Waals surface area contributed by atoms with Gasteiger partial charge < -0.3 is 10.1 Å². The van der Waals surface area contributed by atoms with Crippen molar-refractivity contribution in [2.24, 2.45) is 5.92 Å². The Balaban J connectivity index is 2.62. The van der Waals surface area contributed by atoms with Gasteiger partial charge in [0.05, 0.1) is 10.5 Å². The molecule has 1 heterocycles. The van der Waals surface area contributed by atoms with E-state index in [9.17, 15) is 13.5 Å². The molecular weight excluding hydrogens is 240 g/mol. The summed E-state index contributed by atoms with van der Waals surface area (Å²) in [5.74, 6) is 0.307. The maximum absolute atomic E-state index is 11.8. The lowest BCUT2D eigenvalue weighted by atomic mass is 9.95. The van der Waals surface area contributed by atoms with Crippen molar-refractivity contribution in [3.8, 4) is 0 Å². The third-order valence-corrected chi connectivity index (χ3v) is 3.77. The van der Waals surface area contributed by atoms with Gasteiger partial charge in [-0.3, -0.25) is 0 Å². The van der Waals surface area contributed by atoms with Crippen LogP contribution in [-0.2, 0) is 10.0 Å². The molecule has 0 aliphatic heterocycles. The molecule has 0 aliphatic carbocycles. The standard InChI is InChI=1S/C11H20N2O3S/c1-9(2)6-11(3,14)8-13-17(15,16)10-4-5-12-7-10/h4-5,7,9,12-14H,6,8H2,1-3H3. The van der Waals surface area contributed by atoms with Gasteiger partial charge in [-0.1, -0.05) is 13.8 Å². The van der Waals surface area contributed by atoms with E-state index in [0.717, 1.165) is 0 Å². The molecule has 0 aliphatic rings. The second-order valence-corrected chi connectivity index (χ2v) is 6.73. The van der Waals surface area contributed by atoms with Crippen molar-refractivity contribution in [3.05, 3.63) is 18.5 Å². The summed E-state index contributed by atoms with van der Waals surface area (Å²) in [5.41, 5.74) is -1.03. The van der Waals surface area contributed by atoms with E-state index in [1.165, 1.54) is 12.3 Å². The van der Waals surface area contributed by atoms with Crippen molar-refractivity contribution in [1.29, 1.82) is 0 Å². The molecule has 1 aromatic heterocycles. The van der Waals surface area contributed by atoms with Crippen molar-refractivity contribution in [3.63, 3.8) is 0 Å². The van der Waals surface area contributed by atoms with Crippen LogP contribution in [0.3, 0.4) is 0 Å². The van der Waals surface area contributed by atoms with Crippen LogP contribution >= 0.6 is 0 Å². The van der Waals surface area contributed by atoms with Crippen molar-refractivity contribution in [2.45, 2.75) is 37.7 Å². The Morgan fingerprint density at radius 1 is 1.53 bits per heavy atom. The highest BCUT2D eigenvalue weighted by molar-refractivity contribution is 7.89. The predicted molar refractivity (Wildman–Crippen MR) is 66.1 cm³/mol. The van der Waals surface area contributed by atoms with Gasteiger partial charge in [0.15, 0.2) is 0 Å². The molecule has 98 valence electrons. The molecule has 17 heavy (non-hydrogen) atoms. The van der Waals surface area contributed by atoms with Gasteiger partial charge in [0.2, 0.25) is 10.0 Å². The average Bonchev–Trinajstić information content (AvgIpc) is 2.66. The van der Waals surface area contributed by atoms with E-state index >= 15 is 0 Å². The molecule has 3 N–H and O–H groups in total. The number of sulfonamides is 1. The number of hydrogen-bond donors (Lipinski definition) is 3. The Morgan fingerprint density at radius 2 is 2.18 bits per heavy atom. The Bertz CT molecular complexity index is 435. The lowest BCUT2D eigenvalue weighted by Gasteiger charge is -2.25. The second kappa shape index (κ2) is 5.20. The zero-order valence-corrected chi connectivity index (χ0v) is 11.2. The van der Waals surface area contributed by atoms with Gasteiger partial charge in [0.25, 0.3) is 0 Å². The highest BCUT2D eigenvalue weighted by atomic mass is 32.2. The molecule has 0 amide bonds. The minimum absolute atomic E-state index is 0.0126. The first-order valence-electron chi connectivity index (χ1n) is 5.58. The molecule has 1 unspecified atom stereocenters. The van der Waals surface area contributed by atoms with Crippen LogP contribution in [0.2, 0.25) is 0 Å². The zero-order valence-electron chi connectivity index (χ0n) is 10.4. The summed E-state index contributed by atoms with van der Waals surface area (Å²) < 4.78 is 26.0. The van der Waals surface area contributed by atoms with E-state index < -0.39 is 15.6 Å². The maximum atomic E-state index is 11.8. The smallest absolute Gasteiger partial charge is 0.242 e. The number of aromatic nitrogens is 1. The monoisotopic (exact) mass is 260 g/mol. The topological polar surface area (TPSA) is 82.2 Å². The normalized spacial score (nSPS) is 16.1. The maximum Gasteiger partial charge on any atom is 0.242 e. The van der Waals surface area contributed by atoms with Crippen LogP contribution in [-0.4, -0.2) is 30.7 Å². The molecule has 0 spiro atoms. The molecule has 0 bridgehead atoms. The van der Waals surface area contributed by atoms with Crippen LogP contribution in [0.25, 0.3) is 0 Å². The quantitative estimate of drug-likeness (QED) is 0.716. The third-order valence-electron chi connectivity index (χ3n) is 2.37. The van der Waals surface area contributed by atoms with E-state index in [1.807, 2.05) is 13.8 Å². The van der Waals surface area contributed by atoms with E-state index in [2.05, 4.69) is 9.71 Å². The predicted octanol–water partition coefficient (Wildman–Crippen LogP) is 1.09.